The van der Waals surface area contributed by atoms with Gasteiger partial charge in [0.15, 0.2) is 0 Å². The molecule has 1 heterocycles. The van der Waals surface area contributed by atoms with Gasteiger partial charge < -0.3 is 14.1 Å². The molecule has 0 aliphatic heterocycles. The van der Waals surface area contributed by atoms with Gasteiger partial charge in [-0.3, -0.25) is 4.79 Å². The van der Waals surface area contributed by atoms with Gasteiger partial charge in [-0.15, -0.1) is 0 Å². The van der Waals surface area contributed by atoms with Crippen molar-refractivity contribution in [1.29, 1.82) is 0 Å². The molecule has 0 radical (unpaired) electrons. The van der Waals surface area contributed by atoms with Crippen LogP contribution >= 0.6 is 0 Å². The van der Waals surface area contributed by atoms with Gasteiger partial charge in [0.05, 0.1) is 13.7 Å². The van der Waals surface area contributed by atoms with Gasteiger partial charge in [-0.25, -0.2) is 9.18 Å². The topological polar surface area (TPSA) is 59.8 Å². The van der Waals surface area contributed by atoms with E-state index in [0.29, 0.717) is 22.4 Å². The van der Waals surface area contributed by atoms with Crippen molar-refractivity contribution in [3.05, 3.63) is 106 Å². The van der Waals surface area contributed by atoms with Crippen molar-refractivity contribution in [2.75, 3.05) is 12.0 Å². The lowest BCUT2D eigenvalue weighted by Gasteiger charge is -2.23. The predicted octanol–water partition coefficient (Wildman–Crippen LogP) is 4.79. The van der Waals surface area contributed by atoms with E-state index in [1.54, 1.807) is 43.5 Å². The lowest BCUT2D eigenvalue weighted by Crippen LogP contribution is -2.33. The first-order valence-electron chi connectivity index (χ1n) is 9.28. The number of rotatable bonds is 5. The van der Waals surface area contributed by atoms with Crippen LogP contribution in [0.5, 0.6) is 5.75 Å². The first-order chi connectivity index (χ1) is 14.5. The third kappa shape index (κ3) is 3.93. The van der Waals surface area contributed by atoms with Crippen LogP contribution < -0.4 is 15.3 Å². The summed E-state index contributed by atoms with van der Waals surface area (Å²) in [6, 6.07) is 21.3. The van der Waals surface area contributed by atoms with E-state index in [4.69, 9.17) is 9.15 Å². The zero-order valence-corrected chi connectivity index (χ0v) is 16.2. The molecule has 0 unspecified atom stereocenters. The number of benzene rings is 3. The highest BCUT2D eigenvalue weighted by Gasteiger charge is 2.22. The molecule has 0 atom stereocenters. The van der Waals surface area contributed by atoms with Crippen molar-refractivity contribution >= 4 is 22.6 Å². The fraction of sp³-hybridized carbons (Fsp3) is 0.0833. The second-order valence-corrected chi connectivity index (χ2v) is 6.70. The fourth-order valence-corrected chi connectivity index (χ4v) is 3.17. The first-order valence-corrected chi connectivity index (χ1v) is 9.28. The maximum atomic E-state index is 13.4. The van der Waals surface area contributed by atoms with Crippen LogP contribution in [0.1, 0.15) is 15.9 Å². The number of ether oxygens (including phenoxy) is 1. The molecule has 150 valence electrons. The standard InChI is InChI=1S/C24H18FNO4/c1-29-20-12-6-16(7-13-20)15-26(19-10-8-18(25)9-11-19)23(27)21-14-17-4-2-3-5-22(17)30-24(21)28/h2-14H,15H2,1H3. The molecule has 0 saturated carbocycles. The number of hydrogen-bond acceptors (Lipinski definition) is 4. The lowest BCUT2D eigenvalue weighted by molar-refractivity contribution is 0.0981. The smallest absolute Gasteiger partial charge is 0.349 e. The maximum absolute atomic E-state index is 13.4. The Morgan fingerprint density at radius 1 is 1.00 bits per heavy atom. The highest BCUT2D eigenvalue weighted by atomic mass is 19.1. The molecule has 4 rings (SSSR count). The SMILES string of the molecule is COc1ccc(CN(C(=O)c2cc3ccccc3oc2=O)c2ccc(F)cc2)cc1. The van der Waals surface area contributed by atoms with Crippen molar-refractivity contribution in [2.45, 2.75) is 6.54 Å². The van der Waals surface area contributed by atoms with Gasteiger partial charge in [0.2, 0.25) is 0 Å². The van der Waals surface area contributed by atoms with E-state index in [1.807, 2.05) is 12.1 Å². The van der Waals surface area contributed by atoms with Gasteiger partial charge in [0.1, 0.15) is 22.7 Å². The zero-order valence-electron chi connectivity index (χ0n) is 16.2. The van der Waals surface area contributed by atoms with E-state index in [9.17, 15) is 14.0 Å². The van der Waals surface area contributed by atoms with Crippen molar-refractivity contribution < 1.29 is 18.3 Å². The zero-order chi connectivity index (χ0) is 21.1. The van der Waals surface area contributed by atoms with Gasteiger partial charge in [0, 0.05) is 11.1 Å². The number of anilines is 1. The average molecular weight is 403 g/mol. The van der Waals surface area contributed by atoms with Crippen LogP contribution in [0.2, 0.25) is 0 Å². The quantitative estimate of drug-likeness (QED) is 0.450. The summed E-state index contributed by atoms with van der Waals surface area (Å²) < 4.78 is 23.9. The second kappa shape index (κ2) is 8.21. The normalized spacial score (nSPS) is 10.7. The fourth-order valence-electron chi connectivity index (χ4n) is 3.17. The number of carbonyl (C=O) groups excluding carboxylic acids is 1. The van der Waals surface area contributed by atoms with Crippen LogP contribution in [-0.2, 0) is 6.54 Å². The summed E-state index contributed by atoms with van der Waals surface area (Å²) >= 11 is 0. The van der Waals surface area contributed by atoms with E-state index in [1.165, 1.54) is 35.2 Å². The number of halogens is 1. The lowest BCUT2D eigenvalue weighted by atomic mass is 10.1. The van der Waals surface area contributed by atoms with Crippen molar-refractivity contribution in [3.63, 3.8) is 0 Å². The molecule has 3 aromatic carbocycles. The Bertz CT molecular complexity index is 1250. The number of hydrogen-bond donors (Lipinski definition) is 0. The van der Waals surface area contributed by atoms with Crippen molar-refractivity contribution in [1.82, 2.24) is 0 Å². The minimum absolute atomic E-state index is 0.0912. The predicted molar refractivity (Wildman–Crippen MR) is 112 cm³/mol. The molecule has 0 spiro atoms. The van der Waals surface area contributed by atoms with E-state index in [0.717, 1.165) is 5.56 Å². The Morgan fingerprint density at radius 2 is 1.70 bits per heavy atom. The summed E-state index contributed by atoms with van der Waals surface area (Å²) in [5.74, 6) is -0.258. The van der Waals surface area contributed by atoms with E-state index >= 15 is 0 Å². The van der Waals surface area contributed by atoms with Gasteiger partial charge in [-0.2, -0.15) is 0 Å². The Hall–Kier alpha value is -3.93. The molecule has 0 N–H and O–H groups in total. The largest absolute Gasteiger partial charge is 0.497 e. The summed E-state index contributed by atoms with van der Waals surface area (Å²) in [7, 11) is 1.57. The van der Waals surface area contributed by atoms with Gasteiger partial charge in [-0.1, -0.05) is 30.3 Å². The summed E-state index contributed by atoms with van der Waals surface area (Å²) in [4.78, 5) is 27.3. The minimum atomic E-state index is -0.722. The third-order valence-corrected chi connectivity index (χ3v) is 4.76. The number of nitrogens with zero attached hydrogens (tertiary/aromatic N) is 1. The van der Waals surface area contributed by atoms with Gasteiger partial charge in [-0.05, 0) is 54.1 Å². The van der Waals surface area contributed by atoms with Gasteiger partial charge >= 0.3 is 5.63 Å². The number of amides is 1. The van der Waals surface area contributed by atoms with Gasteiger partial charge in [0.25, 0.3) is 5.91 Å². The summed E-state index contributed by atoms with van der Waals surface area (Å²) in [6.45, 7) is 0.181. The highest BCUT2D eigenvalue weighted by molar-refractivity contribution is 6.07. The summed E-state index contributed by atoms with van der Waals surface area (Å²) in [5, 5.41) is 0.643. The second-order valence-electron chi connectivity index (χ2n) is 6.70. The monoisotopic (exact) mass is 403 g/mol. The van der Waals surface area contributed by atoms with Crippen molar-refractivity contribution in [3.8, 4) is 5.75 Å². The summed E-state index contributed by atoms with van der Waals surface area (Å²) in [6.07, 6.45) is 0. The van der Waals surface area contributed by atoms with E-state index < -0.39 is 17.3 Å². The summed E-state index contributed by atoms with van der Waals surface area (Å²) in [5.41, 5.74) is 0.873. The molecule has 1 aromatic heterocycles. The molecule has 1 amide bonds. The van der Waals surface area contributed by atoms with Crippen LogP contribution in [0.25, 0.3) is 11.0 Å². The van der Waals surface area contributed by atoms with Crippen LogP contribution in [0.3, 0.4) is 0 Å². The molecule has 0 fully saturated rings. The molecule has 0 aliphatic carbocycles. The Morgan fingerprint density at radius 3 is 2.40 bits per heavy atom. The molecule has 0 aliphatic rings. The Labute approximate surface area is 171 Å². The van der Waals surface area contributed by atoms with Crippen LogP contribution in [0, 0.1) is 5.82 Å². The van der Waals surface area contributed by atoms with Crippen LogP contribution in [-0.4, -0.2) is 13.0 Å². The molecule has 30 heavy (non-hydrogen) atoms. The van der Waals surface area contributed by atoms with E-state index in [-0.39, 0.29) is 12.1 Å². The molecule has 0 bridgehead atoms. The molecular formula is C24H18FNO4. The number of carbonyl (C=O) groups is 1. The Kier molecular flexibility index (Phi) is 5.30. The molecule has 6 heteroatoms. The number of para-hydroxylation sites is 1. The molecule has 4 aromatic rings. The van der Waals surface area contributed by atoms with Crippen LogP contribution in [0.15, 0.2) is 88.1 Å². The average Bonchev–Trinajstić information content (AvgIpc) is 2.77. The van der Waals surface area contributed by atoms with E-state index in [2.05, 4.69) is 0 Å². The highest BCUT2D eigenvalue weighted by Crippen LogP contribution is 2.22. The number of fused-ring (bicyclic) bond motifs is 1. The van der Waals surface area contributed by atoms with Crippen LogP contribution in [0.4, 0.5) is 10.1 Å². The third-order valence-electron chi connectivity index (χ3n) is 4.76. The Balaban J connectivity index is 1.76. The molecule has 5 nitrogen and oxygen atoms in total. The molecule has 0 saturated heterocycles. The first kappa shape index (κ1) is 19.4. The maximum Gasteiger partial charge on any atom is 0.349 e. The minimum Gasteiger partial charge on any atom is -0.497 e. The molecular weight excluding hydrogens is 385 g/mol. The number of methoxy groups -OCH3 is 1. The van der Waals surface area contributed by atoms with Crippen molar-refractivity contribution in [2.24, 2.45) is 0 Å².